The minimum absolute atomic E-state index is 0.0913. The van der Waals surface area contributed by atoms with Crippen LogP contribution in [0.15, 0.2) is 30.5 Å². The number of amides is 1. The van der Waals surface area contributed by atoms with Crippen molar-refractivity contribution in [2.45, 2.75) is 32.1 Å². The van der Waals surface area contributed by atoms with Crippen molar-refractivity contribution in [3.8, 4) is 0 Å². The maximum Gasteiger partial charge on any atom is 0.223 e. The number of benzene rings is 1. The van der Waals surface area contributed by atoms with Crippen LogP contribution in [0.3, 0.4) is 0 Å². The largest absolute Gasteiger partial charge is 0.371 e. The molecule has 2 aromatic rings. The van der Waals surface area contributed by atoms with Gasteiger partial charge in [-0.25, -0.2) is 4.39 Å². The summed E-state index contributed by atoms with van der Waals surface area (Å²) in [7, 11) is 0. The molecule has 1 aromatic carbocycles. The number of hydrogen-bond donors (Lipinski definition) is 1. The summed E-state index contributed by atoms with van der Waals surface area (Å²) in [6.07, 6.45) is 7.09. The van der Waals surface area contributed by atoms with E-state index in [0.717, 1.165) is 56.5 Å². The van der Waals surface area contributed by atoms with E-state index < -0.39 is 0 Å². The van der Waals surface area contributed by atoms with E-state index in [1.165, 1.54) is 38.1 Å². The number of nitrogens with zero attached hydrogens (tertiary/aromatic N) is 3. The summed E-state index contributed by atoms with van der Waals surface area (Å²) in [5, 5.41) is 4.10. The summed E-state index contributed by atoms with van der Waals surface area (Å²) in [4.78, 5) is 21.5. The number of hydrogen-bond acceptors (Lipinski definition) is 4. The number of likely N-dealkylation sites (tertiary alicyclic amines) is 1. The Kier molecular flexibility index (Phi) is 6.05. The Balaban J connectivity index is 1.27. The first kappa shape index (κ1) is 19.1. The second-order valence-electron chi connectivity index (χ2n) is 7.95. The van der Waals surface area contributed by atoms with E-state index in [4.69, 9.17) is 0 Å². The van der Waals surface area contributed by atoms with Gasteiger partial charge in [0.05, 0.1) is 5.52 Å². The number of carbonyl (C=O) groups is 1. The molecule has 4 rings (SSSR count). The molecule has 5 nitrogen and oxygen atoms in total. The topological polar surface area (TPSA) is 48.5 Å². The van der Waals surface area contributed by atoms with Crippen molar-refractivity contribution in [2.75, 3.05) is 44.2 Å². The molecule has 2 aliphatic rings. The predicted molar refractivity (Wildman–Crippen MR) is 110 cm³/mol. The first-order valence-corrected chi connectivity index (χ1v) is 10.5. The Morgan fingerprint density at radius 2 is 1.93 bits per heavy atom. The van der Waals surface area contributed by atoms with Crippen LogP contribution in [0.1, 0.15) is 32.1 Å². The lowest BCUT2D eigenvalue weighted by Gasteiger charge is -2.33. The number of pyridine rings is 1. The van der Waals surface area contributed by atoms with Crippen molar-refractivity contribution in [2.24, 2.45) is 5.92 Å². The molecule has 0 spiro atoms. The Morgan fingerprint density at radius 1 is 1.14 bits per heavy atom. The number of halogens is 1. The van der Waals surface area contributed by atoms with E-state index in [0.29, 0.717) is 5.52 Å². The molecule has 150 valence electrons. The third-order valence-electron chi connectivity index (χ3n) is 6.04. The molecule has 0 unspecified atom stereocenters. The zero-order valence-corrected chi connectivity index (χ0v) is 16.4. The minimum atomic E-state index is -0.266. The third kappa shape index (κ3) is 4.43. The lowest BCUT2D eigenvalue weighted by atomic mass is 9.95. The highest BCUT2D eigenvalue weighted by Gasteiger charge is 2.25. The molecule has 0 atom stereocenters. The second kappa shape index (κ2) is 8.86. The maximum atomic E-state index is 13.5. The number of anilines is 1. The molecule has 0 bridgehead atoms. The van der Waals surface area contributed by atoms with Crippen molar-refractivity contribution < 1.29 is 9.18 Å². The molecule has 1 aromatic heterocycles. The van der Waals surface area contributed by atoms with Gasteiger partial charge in [-0.05, 0) is 69.9 Å². The Hall–Kier alpha value is -2.21. The van der Waals surface area contributed by atoms with Crippen LogP contribution in [0.2, 0.25) is 0 Å². The van der Waals surface area contributed by atoms with Gasteiger partial charge in [-0.3, -0.25) is 9.78 Å². The number of aromatic nitrogens is 1. The summed E-state index contributed by atoms with van der Waals surface area (Å²) in [5.41, 5.74) is 1.75. The van der Waals surface area contributed by atoms with Gasteiger partial charge < -0.3 is 15.1 Å². The van der Waals surface area contributed by atoms with Gasteiger partial charge in [0.25, 0.3) is 0 Å². The second-order valence-corrected chi connectivity index (χ2v) is 7.95. The molecule has 0 aliphatic carbocycles. The molecule has 3 heterocycles. The molecule has 0 saturated carbocycles. The van der Waals surface area contributed by atoms with Crippen molar-refractivity contribution >= 4 is 22.5 Å². The summed E-state index contributed by atoms with van der Waals surface area (Å²) < 4.78 is 13.5. The highest BCUT2D eigenvalue weighted by molar-refractivity contribution is 5.91. The van der Waals surface area contributed by atoms with Gasteiger partial charge in [0.2, 0.25) is 5.91 Å². The fraction of sp³-hybridized carbons (Fsp3) is 0.545. The lowest BCUT2D eigenvalue weighted by Crippen LogP contribution is -2.41. The fourth-order valence-electron chi connectivity index (χ4n) is 4.43. The first-order chi connectivity index (χ1) is 13.7. The van der Waals surface area contributed by atoms with E-state index in [1.807, 2.05) is 6.07 Å². The van der Waals surface area contributed by atoms with Crippen LogP contribution in [0.4, 0.5) is 10.1 Å². The standard InChI is InChI=1S/C22H29FN4O/c23-18-4-5-19-20(16-18)24-10-6-21(19)27-14-7-17(8-15-27)22(28)25-9-3-13-26-11-1-2-12-26/h4-6,10,16-17H,1-3,7-9,11-15H2,(H,25,28). The van der Waals surface area contributed by atoms with Crippen molar-refractivity contribution in [1.82, 2.24) is 15.2 Å². The molecule has 2 fully saturated rings. The molecular weight excluding hydrogens is 355 g/mol. The molecule has 0 radical (unpaired) electrons. The molecule has 1 amide bonds. The lowest BCUT2D eigenvalue weighted by molar-refractivity contribution is -0.125. The molecule has 2 aliphatic heterocycles. The highest BCUT2D eigenvalue weighted by Crippen LogP contribution is 2.29. The summed E-state index contributed by atoms with van der Waals surface area (Å²) in [6, 6.07) is 6.74. The van der Waals surface area contributed by atoms with Crippen LogP contribution in [-0.4, -0.2) is 55.1 Å². The average molecular weight is 384 g/mol. The van der Waals surface area contributed by atoms with Crippen LogP contribution < -0.4 is 10.2 Å². The van der Waals surface area contributed by atoms with Gasteiger partial charge >= 0.3 is 0 Å². The maximum absolute atomic E-state index is 13.5. The van der Waals surface area contributed by atoms with E-state index in [1.54, 1.807) is 12.3 Å². The van der Waals surface area contributed by atoms with Gasteiger partial charge in [0, 0.05) is 48.9 Å². The number of nitrogens with one attached hydrogen (secondary N) is 1. The van der Waals surface area contributed by atoms with Crippen LogP contribution in [-0.2, 0) is 4.79 Å². The summed E-state index contributed by atoms with van der Waals surface area (Å²) in [6.45, 7) is 5.96. The molecule has 1 N–H and O–H groups in total. The Morgan fingerprint density at radius 3 is 2.71 bits per heavy atom. The highest BCUT2D eigenvalue weighted by atomic mass is 19.1. The van der Waals surface area contributed by atoms with Gasteiger partial charge in [0.15, 0.2) is 0 Å². The molecule has 6 heteroatoms. The van der Waals surface area contributed by atoms with Crippen molar-refractivity contribution in [1.29, 1.82) is 0 Å². The van der Waals surface area contributed by atoms with Gasteiger partial charge in [-0.1, -0.05) is 0 Å². The number of rotatable bonds is 6. The SMILES string of the molecule is O=C(NCCCN1CCCC1)C1CCN(c2ccnc3cc(F)ccc23)CC1. The number of fused-ring (bicyclic) bond motifs is 1. The van der Waals surface area contributed by atoms with Crippen molar-refractivity contribution in [3.63, 3.8) is 0 Å². The quantitative estimate of drug-likeness (QED) is 0.777. The van der Waals surface area contributed by atoms with Gasteiger partial charge in [-0.2, -0.15) is 0 Å². The zero-order valence-electron chi connectivity index (χ0n) is 16.4. The monoisotopic (exact) mass is 384 g/mol. The number of piperidine rings is 1. The molecular formula is C22H29FN4O. The van der Waals surface area contributed by atoms with Crippen LogP contribution in [0.25, 0.3) is 10.9 Å². The fourth-order valence-corrected chi connectivity index (χ4v) is 4.43. The smallest absolute Gasteiger partial charge is 0.223 e. The molecule has 28 heavy (non-hydrogen) atoms. The number of carbonyl (C=O) groups excluding carboxylic acids is 1. The van der Waals surface area contributed by atoms with Crippen LogP contribution in [0.5, 0.6) is 0 Å². The summed E-state index contributed by atoms with van der Waals surface area (Å²) in [5.74, 6) is 0.0218. The van der Waals surface area contributed by atoms with E-state index >= 15 is 0 Å². The normalized spacial score (nSPS) is 18.7. The first-order valence-electron chi connectivity index (χ1n) is 10.5. The summed E-state index contributed by atoms with van der Waals surface area (Å²) >= 11 is 0. The average Bonchev–Trinajstić information content (AvgIpc) is 3.24. The van der Waals surface area contributed by atoms with Crippen LogP contribution >= 0.6 is 0 Å². The zero-order chi connectivity index (χ0) is 19.3. The van der Waals surface area contributed by atoms with E-state index in [-0.39, 0.29) is 17.6 Å². The minimum Gasteiger partial charge on any atom is -0.371 e. The van der Waals surface area contributed by atoms with E-state index in [2.05, 4.69) is 20.1 Å². The Labute approximate surface area is 165 Å². The third-order valence-corrected chi connectivity index (χ3v) is 6.04. The predicted octanol–water partition coefficient (Wildman–Crippen LogP) is 3.19. The van der Waals surface area contributed by atoms with Gasteiger partial charge in [-0.15, -0.1) is 0 Å². The van der Waals surface area contributed by atoms with Crippen molar-refractivity contribution in [3.05, 3.63) is 36.3 Å². The van der Waals surface area contributed by atoms with E-state index in [9.17, 15) is 9.18 Å². The van der Waals surface area contributed by atoms with Crippen LogP contribution in [0, 0.1) is 11.7 Å². The molecule has 2 saturated heterocycles. The van der Waals surface area contributed by atoms with Gasteiger partial charge in [0.1, 0.15) is 5.82 Å². The Bertz CT molecular complexity index is 813.